The molecular weight excluding hydrogens is 274 g/mol. The number of pyridine rings is 1. The molecule has 0 saturated heterocycles. The number of non-ortho nitro benzene ring substituents is 1. The minimum atomic E-state index is -0.876. The van der Waals surface area contributed by atoms with Crippen molar-refractivity contribution < 1.29 is 15.1 Å². The zero-order valence-corrected chi connectivity index (χ0v) is 11.6. The number of benzene rings is 1. The van der Waals surface area contributed by atoms with Crippen molar-refractivity contribution >= 4 is 22.3 Å². The average molecular weight is 291 g/mol. The minimum absolute atomic E-state index is 0.0776. The van der Waals surface area contributed by atoms with Crippen LogP contribution in [0.4, 0.5) is 11.4 Å². The summed E-state index contributed by atoms with van der Waals surface area (Å²) in [5.41, 5.74) is -0.0906. The molecule has 0 spiro atoms. The first kappa shape index (κ1) is 15.1. The topological polar surface area (TPSA) is 109 Å². The number of anilines is 1. The highest BCUT2D eigenvalue weighted by molar-refractivity contribution is 5.97. The van der Waals surface area contributed by atoms with Gasteiger partial charge in [0.1, 0.15) is 5.52 Å². The van der Waals surface area contributed by atoms with Gasteiger partial charge in [-0.2, -0.15) is 0 Å². The molecule has 0 aliphatic heterocycles. The van der Waals surface area contributed by atoms with E-state index >= 15 is 0 Å². The number of aliphatic hydroxyl groups excluding tert-OH is 2. The summed E-state index contributed by atoms with van der Waals surface area (Å²) in [7, 11) is 0. The fourth-order valence-corrected chi connectivity index (χ4v) is 2.14. The smallest absolute Gasteiger partial charge is 0.295 e. The molecule has 7 nitrogen and oxygen atoms in total. The fraction of sp³-hybridized carbons (Fsp3) is 0.357. The Morgan fingerprint density at radius 3 is 2.62 bits per heavy atom. The van der Waals surface area contributed by atoms with Gasteiger partial charge < -0.3 is 15.5 Å². The van der Waals surface area contributed by atoms with Crippen molar-refractivity contribution in [3.63, 3.8) is 0 Å². The van der Waals surface area contributed by atoms with Gasteiger partial charge >= 0.3 is 0 Å². The predicted molar refractivity (Wildman–Crippen MR) is 79.2 cm³/mol. The second kappa shape index (κ2) is 6.02. The maximum Gasteiger partial charge on any atom is 0.295 e. The fourth-order valence-electron chi connectivity index (χ4n) is 2.14. The normalized spacial score (nSPS) is 11.6. The third kappa shape index (κ3) is 2.79. The van der Waals surface area contributed by atoms with Gasteiger partial charge in [-0.15, -0.1) is 0 Å². The van der Waals surface area contributed by atoms with Crippen LogP contribution < -0.4 is 5.32 Å². The number of fused-ring (bicyclic) bond motifs is 1. The first-order chi connectivity index (χ1) is 10.1. The Bertz CT molecular complexity index is 647. The number of aromatic nitrogens is 1. The van der Waals surface area contributed by atoms with Crippen LogP contribution >= 0.6 is 0 Å². The highest BCUT2D eigenvalue weighted by Gasteiger charge is 2.27. The Labute approximate surface area is 121 Å². The van der Waals surface area contributed by atoms with Gasteiger partial charge in [-0.3, -0.25) is 10.1 Å². The molecule has 0 aliphatic rings. The summed E-state index contributed by atoms with van der Waals surface area (Å²) in [4.78, 5) is 14.6. The van der Waals surface area contributed by atoms with Gasteiger partial charge in [-0.25, -0.2) is 4.98 Å². The predicted octanol–water partition coefficient (Wildman–Crippen LogP) is 1.69. The van der Waals surface area contributed by atoms with Crippen LogP contribution in [0.1, 0.15) is 13.3 Å². The molecule has 0 bridgehead atoms. The van der Waals surface area contributed by atoms with Gasteiger partial charge in [0.25, 0.3) is 5.69 Å². The zero-order valence-electron chi connectivity index (χ0n) is 11.6. The van der Waals surface area contributed by atoms with Crippen molar-refractivity contribution in [3.05, 3.63) is 40.6 Å². The monoisotopic (exact) mass is 291 g/mol. The van der Waals surface area contributed by atoms with E-state index in [1.54, 1.807) is 18.2 Å². The number of hydrogen-bond donors (Lipinski definition) is 3. The van der Waals surface area contributed by atoms with E-state index in [1.807, 2.05) is 6.92 Å². The number of nitro groups is 1. The SMILES string of the molecule is CCC(CO)(CO)Nc1ccc([N+](=O)[O-])c2ncccc12. The molecule has 0 unspecified atom stereocenters. The van der Waals surface area contributed by atoms with Gasteiger partial charge in [-0.05, 0) is 24.6 Å². The Kier molecular flexibility index (Phi) is 4.35. The molecule has 3 N–H and O–H groups in total. The van der Waals surface area contributed by atoms with Gasteiger partial charge in [0.05, 0.1) is 23.7 Å². The summed E-state index contributed by atoms with van der Waals surface area (Å²) in [5, 5.41) is 33.7. The van der Waals surface area contributed by atoms with E-state index in [0.717, 1.165) is 0 Å². The Morgan fingerprint density at radius 1 is 1.33 bits per heavy atom. The summed E-state index contributed by atoms with van der Waals surface area (Å²) in [6, 6.07) is 6.33. The molecule has 1 heterocycles. The lowest BCUT2D eigenvalue weighted by Gasteiger charge is -2.31. The first-order valence-electron chi connectivity index (χ1n) is 6.59. The van der Waals surface area contributed by atoms with Crippen molar-refractivity contribution in [1.82, 2.24) is 4.98 Å². The van der Waals surface area contributed by atoms with Gasteiger partial charge in [0.2, 0.25) is 0 Å². The maximum absolute atomic E-state index is 11.0. The summed E-state index contributed by atoms with van der Waals surface area (Å²) in [5.74, 6) is 0. The standard InChI is InChI=1S/C14H17N3O4/c1-2-14(8-18,9-19)16-11-5-6-12(17(20)21)13-10(11)4-3-7-15-13/h3-7,16,18-19H,2,8-9H2,1H3. The Morgan fingerprint density at radius 2 is 2.05 bits per heavy atom. The van der Waals surface area contributed by atoms with E-state index < -0.39 is 10.5 Å². The minimum Gasteiger partial charge on any atom is -0.394 e. The van der Waals surface area contributed by atoms with Gasteiger partial charge in [0, 0.05) is 23.3 Å². The van der Waals surface area contributed by atoms with E-state index in [0.29, 0.717) is 17.5 Å². The number of nitrogens with zero attached hydrogens (tertiary/aromatic N) is 2. The van der Waals surface area contributed by atoms with Crippen LogP contribution in [0.5, 0.6) is 0 Å². The van der Waals surface area contributed by atoms with Crippen LogP contribution in [-0.4, -0.2) is 38.9 Å². The molecule has 0 fully saturated rings. The molecule has 0 aliphatic carbocycles. The van der Waals surface area contributed by atoms with Crippen molar-refractivity contribution in [3.8, 4) is 0 Å². The largest absolute Gasteiger partial charge is 0.394 e. The molecule has 7 heteroatoms. The lowest BCUT2D eigenvalue weighted by Crippen LogP contribution is -2.45. The van der Waals surface area contributed by atoms with Crippen molar-refractivity contribution in [1.29, 1.82) is 0 Å². The zero-order chi connectivity index (χ0) is 15.5. The van der Waals surface area contributed by atoms with E-state index in [9.17, 15) is 20.3 Å². The third-order valence-electron chi connectivity index (χ3n) is 3.63. The highest BCUT2D eigenvalue weighted by atomic mass is 16.6. The molecule has 2 aromatic rings. The van der Waals surface area contributed by atoms with Crippen molar-refractivity contribution in [2.45, 2.75) is 18.9 Å². The first-order valence-corrected chi connectivity index (χ1v) is 6.59. The second-order valence-electron chi connectivity index (χ2n) is 4.86. The van der Waals surface area contributed by atoms with Crippen LogP contribution in [-0.2, 0) is 0 Å². The molecular formula is C14H17N3O4. The average Bonchev–Trinajstić information content (AvgIpc) is 2.52. The lowest BCUT2D eigenvalue weighted by molar-refractivity contribution is -0.383. The molecule has 1 aromatic carbocycles. The summed E-state index contributed by atoms with van der Waals surface area (Å²) < 4.78 is 0. The summed E-state index contributed by atoms with van der Waals surface area (Å²) in [6.45, 7) is 1.34. The molecule has 0 amide bonds. The number of nitro benzene ring substituents is 1. The molecule has 2 rings (SSSR count). The molecule has 0 atom stereocenters. The Hall–Kier alpha value is -2.25. The number of hydrogen-bond acceptors (Lipinski definition) is 6. The van der Waals surface area contributed by atoms with Crippen LogP contribution in [0.25, 0.3) is 10.9 Å². The van der Waals surface area contributed by atoms with Gasteiger partial charge in [-0.1, -0.05) is 6.92 Å². The van der Waals surface area contributed by atoms with Crippen molar-refractivity contribution in [2.75, 3.05) is 18.5 Å². The summed E-state index contributed by atoms with van der Waals surface area (Å²) >= 11 is 0. The number of nitrogens with one attached hydrogen (secondary N) is 1. The van der Waals surface area contributed by atoms with Gasteiger partial charge in [0.15, 0.2) is 0 Å². The van der Waals surface area contributed by atoms with Crippen LogP contribution in [0.3, 0.4) is 0 Å². The molecule has 21 heavy (non-hydrogen) atoms. The van der Waals surface area contributed by atoms with Crippen LogP contribution in [0.2, 0.25) is 0 Å². The molecule has 0 radical (unpaired) electrons. The molecule has 112 valence electrons. The van der Waals surface area contributed by atoms with Crippen LogP contribution in [0, 0.1) is 10.1 Å². The second-order valence-corrected chi connectivity index (χ2v) is 4.86. The van der Waals surface area contributed by atoms with Crippen LogP contribution in [0.15, 0.2) is 30.5 Å². The number of rotatable bonds is 6. The van der Waals surface area contributed by atoms with E-state index in [1.165, 1.54) is 12.3 Å². The van der Waals surface area contributed by atoms with Crippen molar-refractivity contribution in [2.24, 2.45) is 0 Å². The van der Waals surface area contributed by atoms with E-state index in [-0.39, 0.29) is 24.4 Å². The van der Waals surface area contributed by atoms with E-state index in [2.05, 4.69) is 10.3 Å². The quantitative estimate of drug-likeness (QED) is 0.552. The maximum atomic E-state index is 11.0. The lowest BCUT2D eigenvalue weighted by atomic mass is 9.97. The Balaban J connectivity index is 2.56. The highest BCUT2D eigenvalue weighted by Crippen LogP contribution is 2.31. The molecule has 0 saturated carbocycles. The molecule has 1 aromatic heterocycles. The number of aliphatic hydroxyl groups is 2. The summed E-state index contributed by atoms with van der Waals surface area (Å²) in [6.07, 6.45) is 1.99. The third-order valence-corrected chi connectivity index (χ3v) is 3.63. The van der Waals surface area contributed by atoms with E-state index in [4.69, 9.17) is 0 Å².